The lowest BCUT2D eigenvalue weighted by atomic mass is 9.99. The summed E-state index contributed by atoms with van der Waals surface area (Å²) in [6.45, 7) is 0. The number of thiophene rings is 1. The molecule has 0 aliphatic heterocycles. The topological polar surface area (TPSA) is 34.1 Å². The van der Waals surface area contributed by atoms with E-state index < -0.39 is 26.4 Å². The Balaban J connectivity index is 2.15. The molecule has 2 nitrogen and oxygen atoms in total. The average molecular weight is 429 g/mol. The molecule has 0 radical (unpaired) electrons. The van der Waals surface area contributed by atoms with Gasteiger partial charge < -0.3 is 0 Å². The van der Waals surface area contributed by atoms with Crippen molar-refractivity contribution < 1.29 is 17.2 Å². The van der Waals surface area contributed by atoms with Gasteiger partial charge in [0.1, 0.15) is 16.5 Å². The number of hydrogen-bond acceptors (Lipinski definition) is 3. The molecule has 24 heavy (non-hydrogen) atoms. The second-order valence-corrected chi connectivity index (χ2v) is 8.86. The normalized spacial score (nSPS) is 11.7. The van der Waals surface area contributed by atoms with Crippen molar-refractivity contribution in [1.82, 2.24) is 0 Å². The molecule has 0 amide bonds. The third kappa shape index (κ3) is 3.29. The first-order valence-electron chi connectivity index (χ1n) is 6.79. The Morgan fingerprint density at radius 1 is 0.917 bits per heavy atom. The molecule has 1 heterocycles. The molecule has 0 unspecified atom stereocenters. The number of rotatable bonds is 3. The Bertz CT molecular complexity index is 986. The van der Waals surface area contributed by atoms with Crippen LogP contribution >= 0.6 is 27.3 Å². The zero-order valence-electron chi connectivity index (χ0n) is 12.4. The highest BCUT2D eigenvalue weighted by atomic mass is 79.9. The molecule has 0 N–H and O–H groups in total. The maximum atomic E-state index is 14.2. The largest absolute Gasteiger partial charge is 0.224 e. The molecule has 1 aromatic heterocycles. The Morgan fingerprint density at radius 3 is 1.92 bits per heavy atom. The first kappa shape index (κ1) is 17.3. The van der Waals surface area contributed by atoms with Crippen molar-refractivity contribution in [1.29, 1.82) is 0 Å². The summed E-state index contributed by atoms with van der Waals surface area (Å²) in [5.74, 6) is -2.17. The molecule has 3 rings (SSSR count). The monoisotopic (exact) mass is 428 g/mol. The molecule has 0 saturated heterocycles. The van der Waals surface area contributed by atoms with Gasteiger partial charge >= 0.3 is 0 Å². The molecule has 0 aliphatic carbocycles. The zero-order chi connectivity index (χ0) is 17.5. The van der Waals surface area contributed by atoms with E-state index in [4.69, 9.17) is 0 Å². The molecule has 0 atom stereocenters. The van der Waals surface area contributed by atoms with Crippen LogP contribution in [0.5, 0.6) is 0 Å². The highest BCUT2D eigenvalue weighted by Crippen LogP contribution is 2.37. The van der Waals surface area contributed by atoms with Crippen molar-refractivity contribution in [3.8, 4) is 22.3 Å². The summed E-state index contributed by atoms with van der Waals surface area (Å²) in [6, 6.07) is 9.67. The smallest absolute Gasteiger partial charge is 0.181 e. The Morgan fingerprint density at radius 2 is 1.42 bits per heavy atom. The maximum Gasteiger partial charge on any atom is 0.181 e. The van der Waals surface area contributed by atoms with E-state index in [0.29, 0.717) is 11.1 Å². The number of halogens is 3. The Labute approximate surface area is 150 Å². The predicted molar refractivity (Wildman–Crippen MR) is 95.9 cm³/mol. The summed E-state index contributed by atoms with van der Waals surface area (Å²) in [4.78, 5) is -0.897. The molecule has 7 heteroatoms. The second-order valence-electron chi connectivity index (χ2n) is 5.25. The molecular weight excluding hydrogens is 418 g/mol. The van der Waals surface area contributed by atoms with E-state index in [1.807, 2.05) is 29.6 Å². The lowest BCUT2D eigenvalue weighted by Crippen LogP contribution is -2.04. The van der Waals surface area contributed by atoms with Crippen LogP contribution in [0.1, 0.15) is 0 Å². The van der Waals surface area contributed by atoms with Gasteiger partial charge in [-0.1, -0.05) is 28.1 Å². The first-order valence-corrected chi connectivity index (χ1v) is 10.4. The molecule has 0 fully saturated rings. The van der Waals surface area contributed by atoms with Crippen LogP contribution in [0, 0.1) is 11.6 Å². The average Bonchev–Trinajstić information content (AvgIpc) is 2.95. The molecule has 0 spiro atoms. The minimum Gasteiger partial charge on any atom is -0.224 e. The minimum absolute atomic E-state index is 0.302. The molecule has 124 valence electrons. The summed E-state index contributed by atoms with van der Waals surface area (Å²) in [6.07, 6.45) is 0.784. The van der Waals surface area contributed by atoms with E-state index in [1.165, 1.54) is 11.3 Å². The van der Waals surface area contributed by atoms with E-state index >= 15 is 0 Å². The zero-order valence-corrected chi connectivity index (χ0v) is 15.6. The van der Waals surface area contributed by atoms with Gasteiger partial charge in [0.15, 0.2) is 9.84 Å². The van der Waals surface area contributed by atoms with Gasteiger partial charge in [-0.05, 0) is 46.2 Å². The van der Waals surface area contributed by atoms with E-state index in [0.717, 1.165) is 34.0 Å². The van der Waals surface area contributed by atoms with Gasteiger partial charge in [0.25, 0.3) is 0 Å². The third-order valence-electron chi connectivity index (χ3n) is 3.50. The Hall–Kier alpha value is -1.57. The van der Waals surface area contributed by atoms with Gasteiger partial charge in [0.2, 0.25) is 0 Å². The van der Waals surface area contributed by atoms with Crippen molar-refractivity contribution in [3.63, 3.8) is 0 Å². The summed E-state index contributed by atoms with van der Waals surface area (Å²) >= 11 is 4.77. The van der Waals surface area contributed by atoms with Crippen LogP contribution in [0.4, 0.5) is 8.78 Å². The molecule has 0 saturated carbocycles. The van der Waals surface area contributed by atoms with Gasteiger partial charge in [0, 0.05) is 21.9 Å². The summed E-state index contributed by atoms with van der Waals surface area (Å²) in [5, 5.41) is 3.67. The van der Waals surface area contributed by atoms with Crippen LogP contribution in [0.2, 0.25) is 0 Å². The highest BCUT2D eigenvalue weighted by molar-refractivity contribution is 9.10. The maximum absolute atomic E-state index is 14.2. The Kier molecular flexibility index (Phi) is 4.59. The first-order chi connectivity index (χ1) is 11.3. The fourth-order valence-electron chi connectivity index (χ4n) is 2.44. The van der Waals surface area contributed by atoms with Crippen LogP contribution < -0.4 is 0 Å². The van der Waals surface area contributed by atoms with Crippen LogP contribution in [0.3, 0.4) is 0 Å². The molecular formula is C17H11BrF2O2S2. The summed E-state index contributed by atoms with van der Waals surface area (Å²) < 4.78 is 52.3. The van der Waals surface area contributed by atoms with Crippen LogP contribution in [0.15, 0.2) is 56.5 Å². The van der Waals surface area contributed by atoms with Crippen LogP contribution in [-0.2, 0) is 9.84 Å². The van der Waals surface area contributed by atoms with Crippen molar-refractivity contribution in [2.45, 2.75) is 4.90 Å². The standard InChI is InChI=1S/C17H11BrF2O2S2/c1-24(21,22)17-15(19)6-11(7-16(17)20)14-9-23-8-13(14)10-2-4-12(18)5-3-10/h2-9H,1H3. The summed E-state index contributed by atoms with van der Waals surface area (Å²) in [5.41, 5.74) is 2.69. The van der Waals surface area contributed by atoms with Gasteiger partial charge in [-0.15, -0.1) is 0 Å². The minimum atomic E-state index is -3.97. The van der Waals surface area contributed by atoms with Gasteiger partial charge in [0.05, 0.1) is 0 Å². The van der Waals surface area contributed by atoms with Crippen molar-refractivity contribution >= 4 is 37.1 Å². The van der Waals surface area contributed by atoms with Gasteiger partial charge in [-0.3, -0.25) is 0 Å². The second kappa shape index (κ2) is 6.38. The molecule has 0 aliphatic rings. The lowest BCUT2D eigenvalue weighted by Gasteiger charge is -2.08. The number of sulfone groups is 1. The fourth-order valence-corrected chi connectivity index (χ4v) is 4.40. The van der Waals surface area contributed by atoms with E-state index in [2.05, 4.69) is 15.9 Å². The lowest BCUT2D eigenvalue weighted by molar-refractivity contribution is 0.522. The van der Waals surface area contributed by atoms with E-state index in [-0.39, 0.29) is 0 Å². The van der Waals surface area contributed by atoms with E-state index in [9.17, 15) is 17.2 Å². The quantitative estimate of drug-likeness (QED) is 0.549. The van der Waals surface area contributed by atoms with Gasteiger partial charge in [-0.25, -0.2) is 17.2 Å². The van der Waals surface area contributed by atoms with Crippen molar-refractivity contribution in [2.24, 2.45) is 0 Å². The van der Waals surface area contributed by atoms with Gasteiger partial charge in [-0.2, -0.15) is 11.3 Å². The third-order valence-corrected chi connectivity index (χ3v) is 5.90. The highest BCUT2D eigenvalue weighted by Gasteiger charge is 2.22. The number of benzene rings is 2. The molecule has 0 bridgehead atoms. The fraction of sp³-hybridized carbons (Fsp3) is 0.0588. The molecule has 3 aromatic rings. The summed E-state index contributed by atoms with van der Waals surface area (Å²) in [7, 11) is -3.97. The van der Waals surface area contributed by atoms with Crippen LogP contribution in [0.25, 0.3) is 22.3 Å². The van der Waals surface area contributed by atoms with Crippen LogP contribution in [-0.4, -0.2) is 14.7 Å². The predicted octanol–water partition coefficient (Wildman–Crippen LogP) is 5.53. The van der Waals surface area contributed by atoms with E-state index in [1.54, 1.807) is 5.38 Å². The van der Waals surface area contributed by atoms with Crippen molar-refractivity contribution in [3.05, 3.63) is 63.3 Å². The van der Waals surface area contributed by atoms with Crippen molar-refractivity contribution in [2.75, 3.05) is 6.26 Å². The SMILES string of the molecule is CS(=O)(=O)c1c(F)cc(-c2cscc2-c2ccc(Br)cc2)cc1F. The molecule has 2 aromatic carbocycles. The number of hydrogen-bond donors (Lipinski definition) is 0.